The first-order valence-electron chi connectivity index (χ1n) is 6.64. The van der Waals surface area contributed by atoms with Gasteiger partial charge in [-0.2, -0.15) is 5.06 Å². The molecule has 0 atom stereocenters. The highest BCUT2D eigenvalue weighted by molar-refractivity contribution is 6.22. The number of hydrogen-bond acceptors (Lipinski definition) is 5. The minimum Gasteiger partial charge on any atom is -0.313 e. The van der Waals surface area contributed by atoms with Crippen LogP contribution in [0.3, 0.4) is 0 Å². The molecule has 0 aromatic rings. The quantitative estimate of drug-likeness (QED) is 0.732. The topological polar surface area (TPSA) is 69.6 Å². The Bertz CT molecular complexity index is 404. The molecule has 5 heteroatoms. The lowest BCUT2D eigenvalue weighted by atomic mass is 9.78. The molecule has 19 heavy (non-hydrogen) atoms. The van der Waals surface area contributed by atoms with E-state index in [4.69, 9.17) is 0 Å². The number of rotatable bonds is 2. The molecule has 1 fully saturated rings. The summed E-state index contributed by atoms with van der Waals surface area (Å²) in [5.41, 5.74) is -0.783. The number of nitrogens with one attached hydrogen (secondary N) is 1. The van der Waals surface area contributed by atoms with Crippen molar-refractivity contribution in [2.75, 3.05) is 0 Å². The van der Waals surface area contributed by atoms with E-state index >= 15 is 0 Å². The largest absolute Gasteiger partial charge is 0.313 e. The Morgan fingerprint density at radius 1 is 1.11 bits per heavy atom. The average molecular weight is 266 g/mol. The minimum absolute atomic E-state index is 0.0335. The van der Waals surface area contributed by atoms with Gasteiger partial charge in [0, 0.05) is 17.1 Å². The summed E-state index contributed by atoms with van der Waals surface area (Å²) in [5.74, 6) is -0.348. The zero-order valence-electron chi connectivity index (χ0n) is 11.9. The molecule has 0 saturated carbocycles. The smallest absolute Gasteiger partial charge is 0.180 e. The van der Waals surface area contributed by atoms with Gasteiger partial charge in [-0.15, -0.1) is 0 Å². The number of hydrogen-bond donors (Lipinski definition) is 2. The highest BCUT2D eigenvalue weighted by atomic mass is 16.5. The van der Waals surface area contributed by atoms with E-state index in [9.17, 15) is 14.8 Å². The number of ketones is 2. The molecule has 2 rings (SSSR count). The molecule has 2 N–H and O–H groups in total. The molecule has 0 radical (unpaired) electrons. The normalized spacial score (nSPS) is 28.3. The second-order valence-corrected chi connectivity index (χ2v) is 6.78. The summed E-state index contributed by atoms with van der Waals surface area (Å²) in [7, 11) is 0. The van der Waals surface area contributed by atoms with Crippen LogP contribution in [-0.4, -0.2) is 45.0 Å². The van der Waals surface area contributed by atoms with Gasteiger partial charge in [-0.25, -0.2) is 0 Å². The Balaban J connectivity index is 2.10. The molecule has 0 unspecified atom stereocenters. The van der Waals surface area contributed by atoms with Crippen molar-refractivity contribution in [1.29, 1.82) is 0 Å². The van der Waals surface area contributed by atoms with E-state index in [1.54, 1.807) is 0 Å². The summed E-state index contributed by atoms with van der Waals surface area (Å²) < 4.78 is 0. The summed E-state index contributed by atoms with van der Waals surface area (Å²) in [6, 6.07) is -0.701. The molecule has 1 aliphatic carbocycles. The van der Waals surface area contributed by atoms with Crippen molar-refractivity contribution in [3.05, 3.63) is 12.2 Å². The predicted molar refractivity (Wildman–Crippen MR) is 70.9 cm³/mol. The van der Waals surface area contributed by atoms with Crippen molar-refractivity contribution >= 4 is 11.6 Å². The van der Waals surface area contributed by atoms with Gasteiger partial charge in [-0.1, -0.05) is 0 Å². The molecule has 1 saturated heterocycles. The van der Waals surface area contributed by atoms with Gasteiger partial charge in [0.15, 0.2) is 11.6 Å². The van der Waals surface area contributed by atoms with Crippen LogP contribution in [-0.2, 0) is 9.59 Å². The van der Waals surface area contributed by atoms with Crippen molar-refractivity contribution in [2.24, 2.45) is 0 Å². The third-order valence-electron chi connectivity index (χ3n) is 4.02. The second-order valence-electron chi connectivity index (χ2n) is 6.78. The maximum Gasteiger partial charge on any atom is 0.180 e. The molecule has 0 bridgehead atoms. The number of carbonyl (C=O) groups excluding carboxylic acids is 2. The van der Waals surface area contributed by atoms with Crippen LogP contribution in [0, 0.1) is 0 Å². The Kier molecular flexibility index (Phi) is 3.41. The molecule has 2 aliphatic rings. The van der Waals surface area contributed by atoms with Crippen LogP contribution in [0.4, 0.5) is 0 Å². The molecule has 106 valence electrons. The monoisotopic (exact) mass is 266 g/mol. The third-order valence-corrected chi connectivity index (χ3v) is 4.02. The first-order chi connectivity index (χ1) is 8.63. The molecule has 1 heterocycles. The molecule has 0 aromatic carbocycles. The molecule has 0 amide bonds. The summed E-state index contributed by atoms with van der Waals surface area (Å²) >= 11 is 0. The van der Waals surface area contributed by atoms with Crippen molar-refractivity contribution in [3.8, 4) is 0 Å². The predicted octanol–water partition coefficient (Wildman–Crippen LogP) is 1.06. The van der Waals surface area contributed by atoms with Crippen LogP contribution in [0.2, 0.25) is 0 Å². The lowest BCUT2D eigenvalue weighted by molar-refractivity contribution is -0.246. The van der Waals surface area contributed by atoms with Crippen LogP contribution in [0.5, 0.6) is 0 Å². The van der Waals surface area contributed by atoms with Gasteiger partial charge in [0.05, 0.1) is 0 Å². The molecular formula is C14H22N2O3. The summed E-state index contributed by atoms with van der Waals surface area (Å²) in [5, 5.41) is 14.7. The second kappa shape index (κ2) is 4.51. The van der Waals surface area contributed by atoms with Crippen LogP contribution in [0.25, 0.3) is 0 Å². The number of piperidine rings is 1. The van der Waals surface area contributed by atoms with Gasteiger partial charge in [0.25, 0.3) is 0 Å². The zero-order valence-corrected chi connectivity index (χ0v) is 11.9. The Morgan fingerprint density at radius 2 is 1.53 bits per heavy atom. The van der Waals surface area contributed by atoms with Crippen LogP contribution in [0.15, 0.2) is 12.2 Å². The minimum atomic E-state index is -0.734. The van der Waals surface area contributed by atoms with E-state index in [1.807, 2.05) is 27.7 Å². The van der Waals surface area contributed by atoms with E-state index in [1.165, 1.54) is 17.2 Å². The maximum absolute atomic E-state index is 11.6. The van der Waals surface area contributed by atoms with Crippen molar-refractivity contribution in [1.82, 2.24) is 10.4 Å². The molecule has 5 nitrogen and oxygen atoms in total. The van der Waals surface area contributed by atoms with Gasteiger partial charge < -0.3 is 5.21 Å². The van der Waals surface area contributed by atoms with Crippen LogP contribution < -0.4 is 5.32 Å². The van der Waals surface area contributed by atoms with E-state index in [-0.39, 0.29) is 17.6 Å². The maximum atomic E-state index is 11.6. The standard InChI is InChI=1S/C14H22N2O3/c1-13(2)7-9(8-14(3,4)16(13)19)15-12-10(17)5-6-11(12)18/h5-6,9,12,15,19H,7-8H2,1-4H3. The Labute approximate surface area is 113 Å². The van der Waals surface area contributed by atoms with Gasteiger partial charge >= 0.3 is 0 Å². The molecular weight excluding hydrogens is 244 g/mol. The summed E-state index contributed by atoms with van der Waals surface area (Å²) in [6.45, 7) is 7.83. The Morgan fingerprint density at radius 3 is 1.95 bits per heavy atom. The van der Waals surface area contributed by atoms with E-state index in [0.29, 0.717) is 12.8 Å². The zero-order chi connectivity index (χ0) is 14.4. The van der Waals surface area contributed by atoms with E-state index in [0.717, 1.165) is 0 Å². The van der Waals surface area contributed by atoms with Crippen molar-refractivity contribution < 1.29 is 14.8 Å². The summed E-state index contributed by atoms with van der Waals surface area (Å²) in [4.78, 5) is 23.2. The first-order valence-corrected chi connectivity index (χ1v) is 6.64. The third kappa shape index (κ3) is 2.63. The fraction of sp³-hybridized carbons (Fsp3) is 0.714. The average Bonchev–Trinajstić information content (AvgIpc) is 2.57. The molecule has 0 spiro atoms. The number of hydroxylamine groups is 2. The SMILES string of the molecule is CC1(C)CC(NC2C(=O)C=CC2=O)CC(C)(C)N1O. The van der Waals surface area contributed by atoms with Crippen LogP contribution in [0.1, 0.15) is 40.5 Å². The lowest BCUT2D eigenvalue weighted by Gasteiger charge is -2.51. The lowest BCUT2D eigenvalue weighted by Crippen LogP contribution is -2.64. The molecule has 1 aliphatic heterocycles. The Hall–Kier alpha value is -1.04. The molecule has 0 aromatic heterocycles. The fourth-order valence-corrected chi connectivity index (χ4v) is 3.29. The highest BCUT2D eigenvalue weighted by Crippen LogP contribution is 2.36. The van der Waals surface area contributed by atoms with E-state index < -0.39 is 17.1 Å². The van der Waals surface area contributed by atoms with Gasteiger partial charge in [-0.05, 0) is 52.7 Å². The van der Waals surface area contributed by atoms with Gasteiger partial charge in [0.1, 0.15) is 6.04 Å². The van der Waals surface area contributed by atoms with Crippen molar-refractivity contribution in [3.63, 3.8) is 0 Å². The summed E-state index contributed by atoms with van der Waals surface area (Å²) in [6.07, 6.45) is 4.03. The fourth-order valence-electron chi connectivity index (χ4n) is 3.29. The van der Waals surface area contributed by atoms with Gasteiger partial charge in [0.2, 0.25) is 0 Å². The number of carbonyl (C=O) groups is 2. The van der Waals surface area contributed by atoms with Crippen LogP contribution >= 0.6 is 0 Å². The van der Waals surface area contributed by atoms with Crippen molar-refractivity contribution in [2.45, 2.75) is 63.7 Å². The van der Waals surface area contributed by atoms with E-state index in [2.05, 4.69) is 5.32 Å². The first kappa shape index (κ1) is 14.4. The highest BCUT2D eigenvalue weighted by Gasteiger charge is 2.46. The van der Waals surface area contributed by atoms with Gasteiger partial charge in [-0.3, -0.25) is 14.9 Å². The number of nitrogens with zero attached hydrogens (tertiary/aromatic N) is 1.